The molecule has 82 valence electrons. The van der Waals surface area contributed by atoms with Crippen molar-refractivity contribution < 1.29 is 9.90 Å². The SMILES string of the molecule is CCc1ccc(-n2nnnc2C(=O)O)cc1. The molecule has 16 heavy (non-hydrogen) atoms. The second-order valence-corrected chi connectivity index (χ2v) is 3.24. The number of tetrazole rings is 1. The standard InChI is InChI=1S/C10H10N4O2/c1-2-7-3-5-8(6-4-7)14-9(10(15)16)11-12-13-14/h3-6H,2H2,1H3,(H,15,16). The Morgan fingerprint density at radius 2 is 2.06 bits per heavy atom. The summed E-state index contributed by atoms with van der Waals surface area (Å²) in [6, 6.07) is 7.43. The molecule has 0 atom stereocenters. The van der Waals surface area contributed by atoms with Crippen LogP contribution in [0.15, 0.2) is 24.3 Å². The molecule has 2 rings (SSSR count). The molecule has 1 aromatic heterocycles. The topological polar surface area (TPSA) is 80.9 Å². The fraction of sp³-hybridized carbons (Fsp3) is 0.200. The van der Waals surface area contributed by atoms with E-state index < -0.39 is 5.97 Å². The van der Waals surface area contributed by atoms with Gasteiger partial charge >= 0.3 is 5.97 Å². The van der Waals surface area contributed by atoms with Crippen molar-refractivity contribution in [2.45, 2.75) is 13.3 Å². The number of benzene rings is 1. The van der Waals surface area contributed by atoms with Crippen LogP contribution in [0.3, 0.4) is 0 Å². The zero-order valence-corrected chi connectivity index (χ0v) is 8.66. The number of nitrogens with zero attached hydrogens (tertiary/aromatic N) is 4. The maximum atomic E-state index is 10.8. The second-order valence-electron chi connectivity index (χ2n) is 3.24. The average molecular weight is 218 g/mol. The quantitative estimate of drug-likeness (QED) is 0.828. The third-order valence-electron chi connectivity index (χ3n) is 2.25. The number of aryl methyl sites for hydroxylation is 1. The molecule has 1 aromatic carbocycles. The Labute approximate surface area is 91.5 Å². The Hall–Kier alpha value is -2.24. The van der Waals surface area contributed by atoms with E-state index in [1.807, 2.05) is 12.1 Å². The van der Waals surface area contributed by atoms with Gasteiger partial charge in [-0.05, 0) is 34.5 Å². The van der Waals surface area contributed by atoms with Gasteiger partial charge < -0.3 is 5.11 Å². The van der Waals surface area contributed by atoms with Crippen molar-refractivity contribution in [3.63, 3.8) is 0 Å². The van der Waals surface area contributed by atoms with Gasteiger partial charge in [0.15, 0.2) is 0 Å². The molecular weight excluding hydrogens is 208 g/mol. The lowest BCUT2D eigenvalue weighted by Crippen LogP contribution is -2.09. The minimum atomic E-state index is -1.15. The molecule has 0 amide bonds. The maximum absolute atomic E-state index is 10.8. The minimum absolute atomic E-state index is 0.191. The van der Waals surface area contributed by atoms with Crippen LogP contribution in [0.4, 0.5) is 0 Å². The highest BCUT2D eigenvalue weighted by Gasteiger charge is 2.14. The van der Waals surface area contributed by atoms with Crippen LogP contribution in [0.25, 0.3) is 5.69 Å². The summed E-state index contributed by atoms with van der Waals surface area (Å²) in [5, 5.41) is 19.3. The van der Waals surface area contributed by atoms with Gasteiger partial charge in [0.1, 0.15) is 0 Å². The number of hydrogen-bond acceptors (Lipinski definition) is 4. The number of carboxylic acids is 1. The van der Waals surface area contributed by atoms with Crippen LogP contribution < -0.4 is 0 Å². The van der Waals surface area contributed by atoms with Gasteiger partial charge in [-0.2, -0.15) is 4.68 Å². The van der Waals surface area contributed by atoms with Gasteiger partial charge in [0.05, 0.1) is 5.69 Å². The smallest absolute Gasteiger partial charge is 0.376 e. The summed E-state index contributed by atoms with van der Waals surface area (Å²) in [4.78, 5) is 10.8. The molecule has 0 saturated carbocycles. The van der Waals surface area contributed by atoms with Crippen molar-refractivity contribution in [3.05, 3.63) is 35.7 Å². The molecular formula is C10H10N4O2. The number of hydrogen-bond donors (Lipinski definition) is 1. The summed E-state index contributed by atoms with van der Waals surface area (Å²) in [6.45, 7) is 2.05. The van der Waals surface area contributed by atoms with Crippen LogP contribution in [-0.2, 0) is 6.42 Å². The molecule has 0 unspecified atom stereocenters. The highest BCUT2D eigenvalue weighted by Crippen LogP contribution is 2.10. The molecule has 6 heteroatoms. The predicted molar refractivity (Wildman–Crippen MR) is 55.5 cm³/mol. The van der Waals surface area contributed by atoms with Gasteiger partial charge in [0, 0.05) is 0 Å². The van der Waals surface area contributed by atoms with E-state index in [2.05, 4.69) is 22.4 Å². The van der Waals surface area contributed by atoms with Crippen molar-refractivity contribution >= 4 is 5.97 Å². The Balaban J connectivity index is 2.42. The summed E-state index contributed by atoms with van der Waals surface area (Å²) in [5.74, 6) is -1.34. The Kier molecular flexibility index (Phi) is 2.63. The fourth-order valence-corrected chi connectivity index (χ4v) is 1.37. The van der Waals surface area contributed by atoms with E-state index in [4.69, 9.17) is 5.11 Å². The van der Waals surface area contributed by atoms with Gasteiger partial charge in [0.2, 0.25) is 0 Å². The van der Waals surface area contributed by atoms with Gasteiger partial charge in [-0.1, -0.05) is 19.1 Å². The molecule has 0 radical (unpaired) electrons. The molecule has 0 bridgehead atoms. The highest BCUT2D eigenvalue weighted by molar-refractivity contribution is 5.83. The summed E-state index contributed by atoms with van der Waals surface area (Å²) in [5.41, 5.74) is 1.81. The lowest BCUT2D eigenvalue weighted by atomic mass is 10.1. The molecule has 0 aliphatic carbocycles. The first-order valence-corrected chi connectivity index (χ1v) is 4.83. The normalized spacial score (nSPS) is 10.3. The molecule has 0 aliphatic heterocycles. The van der Waals surface area contributed by atoms with E-state index in [0.717, 1.165) is 6.42 Å². The first-order chi connectivity index (χ1) is 7.72. The lowest BCUT2D eigenvalue weighted by molar-refractivity contribution is 0.0680. The minimum Gasteiger partial charge on any atom is -0.475 e. The molecule has 1 heterocycles. The largest absolute Gasteiger partial charge is 0.475 e. The first kappa shape index (κ1) is 10.3. The highest BCUT2D eigenvalue weighted by atomic mass is 16.4. The first-order valence-electron chi connectivity index (χ1n) is 4.83. The van der Waals surface area contributed by atoms with Crippen molar-refractivity contribution in [1.82, 2.24) is 20.2 Å². The van der Waals surface area contributed by atoms with Crippen LogP contribution in [0.5, 0.6) is 0 Å². The third kappa shape index (κ3) is 1.77. The molecule has 1 N–H and O–H groups in total. The van der Waals surface area contributed by atoms with Crippen LogP contribution in [0.1, 0.15) is 23.1 Å². The maximum Gasteiger partial charge on any atom is 0.376 e. The number of aromatic carboxylic acids is 1. The second kappa shape index (κ2) is 4.09. The van der Waals surface area contributed by atoms with E-state index in [1.54, 1.807) is 12.1 Å². The Morgan fingerprint density at radius 1 is 1.38 bits per heavy atom. The Bertz CT molecular complexity index is 504. The van der Waals surface area contributed by atoms with Crippen LogP contribution in [0.2, 0.25) is 0 Å². The molecule has 6 nitrogen and oxygen atoms in total. The number of carboxylic acid groups (broad SMARTS) is 1. The molecule has 2 aromatic rings. The molecule has 0 saturated heterocycles. The predicted octanol–water partition coefficient (Wildman–Crippen LogP) is 0.923. The third-order valence-corrected chi connectivity index (χ3v) is 2.25. The van der Waals surface area contributed by atoms with E-state index in [9.17, 15) is 4.79 Å². The van der Waals surface area contributed by atoms with Gasteiger partial charge in [-0.25, -0.2) is 4.79 Å². The Morgan fingerprint density at radius 3 is 2.62 bits per heavy atom. The van der Waals surface area contributed by atoms with Crippen LogP contribution in [0, 0.1) is 0 Å². The fourth-order valence-electron chi connectivity index (χ4n) is 1.37. The molecule has 0 aliphatic rings. The molecule has 0 spiro atoms. The van der Waals surface area contributed by atoms with Gasteiger partial charge in [-0.3, -0.25) is 0 Å². The van der Waals surface area contributed by atoms with Crippen molar-refractivity contribution in [1.29, 1.82) is 0 Å². The number of carbonyl (C=O) groups is 1. The lowest BCUT2D eigenvalue weighted by Gasteiger charge is -2.02. The molecule has 0 fully saturated rings. The van der Waals surface area contributed by atoms with Crippen molar-refractivity contribution in [2.75, 3.05) is 0 Å². The summed E-state index contributed by atoms with van der Waals surface area (Å²) >= 11 is 0. The summed E-state index contributed by atoms with van der Waals surface area (Å²) in [6.07, 6.45) is 0.932. The summed E-state index contributed by atoms with van der Waals surface area (Å²) in [7, 11) is 0. The van der Waals surface area contributed by atoms with Crippen LogP contribution >= 0.6 is 0 Å². The van der Waals surface area contributed by atoms with Gasteiger partial charge in [0.25, 0.3) is 5.82 Å². The zero-order chi connectivity index (χ0) is 11.5. The van der Waals surface area contributed by atoms with E-state index in [0.29, 0.717) is 5.69 Å². The number of aromatic nitrogens is 4. The van der Waals surface area contributed by atoms with Gasteiger partial charge in [-0.15, -0.1) is 5.10 Å². The van der Waals surface area contributed by atoms with Crippen LogP contribution in [-0.4, -0.2) is 31.3 Å². The van der Waals surface area contributed by atoms with E-state index in [-0.39, 0.29) is 5.82 Å². The van der Waals surface area contributed by atoms with Crippen molar-refractivity contribution in [2.24, 2.45) is 0 Å². The van der Waals surface area contributed by atoms with E-state index in [1.165, 1.54) is 10.2 Å². The monoisotopic (exact) mass is 218 g/mol. The zero-order valence-electron chi connectivity index (χ0n) is 8.66. The summed E-state index contributed by atoms with van der Waals surface area (Å²) < 4.78 is 1.20. The van der Waals surface area contributed by atoms with E-state index >= 15 is 0 Å². The average Bonchev–Trinajstić information content (AvgIpc) is 2.78. The van der Waals surface area contributed by atoms with Crippen molar-refractivity contribution in [3.8, 4) is 5.69 Å². The number of rotatable bonds is 3.